The SMILES string of the molecule is CC1C=C2C(C)C3CCCCC3C2C(C2CCCCC2)C1. The summed E-state index contributed by atoms with van der Waals surface area (Å²) in [5.41, 5.74) is 1.93. The number of hydrogen-bond donors (Lipinski definition) is 0. The standard InChI is InChI=1S/C21H34/c1-14-12-19-15(2)17-10-6-7-11-18(17)21(19)20(13-14)16-8-4-3-5-9-16/h12,14-18,20-21H,3-11,13H2,1-2H3. The second kappa shape index (κ2) is 5.74. The Labute approximate surface area is 131 Å². The summed E-state index contributed by atoms with van der Waals surface area (Å²) in [5.74, 6) is 7.01. The average molecular weight is 287 g/mol. The molecule has 0 aromatic rings. The molecule has 0 heteroatoms. The van der Waals surface area contributed by atoms with Crippen LogP contribution in [0.25, 0.3) is 0 Å². The summed E-state index contributed by atoms with van der Waals surface area (Å²) in [4.78, 5) is 0. The van der Waals surface area contributed by atoms with E-state index in [0.29, 0.717) is 0 Å². The zero-order chi connectivity index (χ0) is 14.4. The summed E-state index contributed by atoms with van der Waals surface area (Å²) in [7, 11) is 0. The molecule has 3 fully saturated rings. The maximum atomic E-state index is 2.73. The molecule has 0 spiro atoms. The molecular weight excluding hydrogens is 252 g/mol. The molecule has 0 N–H and O–H groups in total. The van der Waals surface area contributed by atoms with Crippen LogP contribution in [0.3, 0.4) is 0 Å². The predicted molar refractivity (Wildman–Crippen MR) is 90.0 cm³/mol. The average Bonchev–Trinajstić information content (AvgIpc) is 2.81. The number of fused-ring (bicyclic) bond motifs is 3. The lowest BCUT2D eigenvalue weighted by atomic mass is 9.62. The van der Waals surface area contributed by atoms with Gasteiger partial charge in [0.1, 0.15) is 0 Å². The molecule has 21 heavy (non-hydrogen) atoms. The van der Waals surface area contributed by atoms with Crippen molar-refractivity contribution in [3.8, 4) is 0 Å². The molecule has 0 heterocycles. The van der Waals surface area contributed by atoms with E-state index >= 15 is 0 Å². The molecule has 4 rings (SSSR count). The van der Waals surface area contributed by atoms with Crippen LogP contribution in [-0.4, -0.2) is 0 Å². The highest BCUT2D eigenvalue weighted by Gasteiger charge is 2.51. The maximum Gasteiger partial charge on any atom is -0.0138 e. The lowest BCUT2D eigenvalue weighted by Crippen LogP contribution is -2.34. The van der Waals surface area contributed by atoms with Crippen molar-refractivity contribution in [1.29, 1.82) is 0 Å². The van der Waals surface area contributed by atoms with E-state index in [-0.39, 0.29) is 0 Å². The van der Waals surface area contributed by atoms with Crippen LogP contribution >= 0.6 is 0 Å². The molecule has 0 bridgehead atoms. The summed E-state index contributed by atoms with van der Waals surface area (Å²) in [5, 5.41) is 0. The maximum absolute atomic E-state index is 2.73. The molecule has 6 unspecified atom stereocenters. The summed E-state index contributed by atoms with van der Waals surface area (Å²) < 4.78 is 0. The van der Waals surface area contributed by atoms with Gasteiger partial charge in [-0.2, -0.15) is 0 Å². The van der Waals surface area contributed by atoms with Crippen LogP contribution in [0.5, 0.6) is 0 Å². The van der Waals surface area contributed by atoms with Crippen molar-refractivity contribution in [3.05, 3.63) is 11.6 Å². The molecule has 3 saturated carbocycles. The summed E-state index contributed by atoms with van der Waals surface area (Å²) in [6.45, 7) is 5.07. The van der Waals surface area contributed by atoms with Crippen molar-refractivity contribution >= 4 is 0 Å². The lowest BCUT2D eigenvalue weighted by Gasteiger charge is -2.42. The molecule has 0 aromatic carbocycles. The Morgan fingerprint density at radius 3 is 2.19 bits per heavy atom. The van der Waals surface area contributed by atoms with Gasteiger partial charge in [-0.3, -0.25) is 0 Å². The molecule has 0 nitrogen and oxygen atoms in total. The Bertz CT molecular complexity index is 400. The third-order valence-electron chi connectivity index (χ3n) is 7.73. The minimum atomic E-state index is 0.853. The van der Waals surface area contributed by atoms with Crippen LogP contribution in [0.2, 0.25) is 0 Å². The van der Waals surface area contributed by atoms with Gasteiger partial charge in [0.2, 0.25) is 0 Å². The van der Waals surface area contributed by atoms with E-state index in [2.05, 4.69) is 19.9 Å². The molecule has 4 aliphatic carbocycles. The van der Waals surface area contributed by atoms with Crippen molar-refractivity contribution in [1.82, 2.24) is 0 Å². The van der Waals surface area contributed by atoms with Gasteiger partial charge in [0, 0.05) is 0 Å². The number of rotatable bonds is 1. The Morgan fingerprint density at radius 2 is 1.43 bits per heavy atom. The van der Waals surface area contributed by atoms with Crippen LogP contribution in [-0.2, 0) is 0 Å². The summed E-state index contributed by atoms with van der Waals surface area (Å²) in [6.07, 6.45) is 18.0. The molecule has 118 valence electrons. The second-order valence-electron chi connectivity index (χ2n) is 8.87. The first-order valence-corrected chi connectivity index (χ1v) is 9.97. The Morgan fingerprint density at radius 1 is 0.762 bits per heavy atom. The number of allylic oxidation sites excluding steroid dienone is 2. The molecular formula is C21H34. The van der Waals surface area contributed by atoms with E-state index in [1.165, 1.54) is 44.9 Å². The predicted octanol–water partition coefficient (Wildman–Crippen LogP) is 6.22. The first-order valence-electron chi connectivity index (χ1n) is 9.97. The monoisotopic (exact) mass is 286 g/mol. The zero-order valence-corrected chi connectivity index (χ0v) is 14.2. The molecule has 0 radical (unpaired) electrons. The zero-order valence-electron chi connectivity index (χ0n) is 14.2. The Balaban J connectivity index is 1.64. The fourth-order valence-electron chi connectivity index (χ4n) is 6.90. The van der Waals surface area contributed by atoms with Crippen molar-refractivity contribution < 1.29 is 0 Å². The van der Waals surface area contributed by atoms with Crippen molar-refractivity contribution in [3.63, 3.8) is 0 Å². The van der Waals surface area contributed by atoms with Crippen molar-refractivity contribution in [2.24, 2.45) is 41.4 Å². The highest BCUT2D eigenvalue weighted by molar-refractivity contribution is 5.25. The van der Waals surface area contributed by atoms with Gasteiger partial charge in [0.05, 0.1) is 0 Å². The normalized spacial score (nSPS) is 47.6. The van der Waals surface area contributed by atoms with Gasteiger partial charge in [-0.05, 0) is 60.7 Å². The highest BCUT2D eigenvalue weighted by atomic mass is 14.6. The van der Waals surface area contributed by atoms with Crippen molar-refractivity contribution in [2.45, 2.75) is 78.1 Å². The lowest BCUT2D eigenvalue weighted by molar-refractivity contribution is 0.105. The molecule has 4 aliphatic rings. The van der Waals surface area contributed by atoms with E-state index < -0.39 is 0 Å². The fraction of sp³-hybridized carbons (Fsp3) is 0.905. The van der Waals surface area contributed by atoms with E-state index in [1.807, 2.05) is 5.57 Å². The van der Waals surface area contributed by atoms with Gasteiger partial charge < -0.3 is 0 Å². The van der Waals surface area contributed by atoms with E-state index in [9.17, 15) is 0 Å². The Hall–Kier alpha value is -0.260. The number of hydrogen-bond acceptors (Lipinski definition) is 0. The van der Waals surface area contributed by atoms with Gasteiger partial charge >= 0.3 is 0 Å². The topological polar surface area (TPSA) is 0 Å². The third kappa shape index (κ3) is 2.41. The smallest absolute Gasteiger partial charge is 0.0138 e. The minimum absolute atomic E-state index is 0.853. The fourth-order valence-corrected chi connectivity index (χ4v) is 6.90. The van der Waals surface area contributed by atoms with Gasteiger partial charge in [-0.15, -0.1) is 0 Å². The molecule has 0 aromatic heterocycles. The molecule has 0 saturated heterocycles. The van der Waals surface area contributed by atoms with Crippen LogP contribution in [0, 0.1) is 41.4 Å². The second-order valence-corrected chi connectivity index (χ2v) is 8.87. The van der Waals surface area contributed by atoms with Crippen molar-refractivity contribution in [2.75, 3.05) is 0 Å². The molecule has 6 atom stereocenters. The quantitative estimate of drug-likeness (QED) is 0.502. The van der Waals surface area contributed by atoms with Crippen LogP contribution < -0.4 is 0 Å². The third-order valence-corrected chi connectivity index (χ3v) is 7.73. The van der Waals surface area contributed by atoms with Crippen LogP contribution in [0.1, 0.15) is 78.1 Å². The minimum Gasteiger partial charge on any atom is -0.0819 e. The Kier molecular flexibility index (Phi) is 3.92. The van der Waals surface area contributed by atoms with Crippen LogP contribution in [0.4, 0.5) is 0 Å². The van der Waals surface area contributed by atoms with Gasteiger partial charge in [0.25, 0.3) is 0 Å². The molecule has 0 aliphatic heterocycles. The van der Waals surface area contributed by atoms with Gasteiger partial charge in [0.15, 0.2) is 0 Å². The van der Waals surface area contributed by atoms with E-state index in [1.54, 1.807) is 19.3 Å². The van der Waals surface area contributed by atoms with Gasteiger partial charge in [-0.1, -0.05) is 70.4 Å². The largest absolute Gasteiger partial charge is 0.0819 e. The van der Waals surface area contributed by atoms with Crippen LogP contribution in [0.15, 0.2) is 11.6 Å². The van der Waals surface area contributed by atoms with Gasteiger partial charge in [-0.25, -0.2) is 0 Å². The summed E-state index contributed by atoms with van der Waals surface area (Å²) in [6, 6.07) is 0. The summed E-state index contributed by atoms with van der Waals surface area (Å²) >= 11 is 0. The molecule has 0 amide bonds. The highest BCUT2D eigenvalue weighted by Crippen LogP contribution is 2.59. The van der Waals surface area contributed by atoms with E-state index in [4.69, 9.17) is 0 Å². The first-order chi connectivity index (χ1) is 10.3. The van der Waals surface area contributed by atoms with E-state index in [0.717, 1.165) is 41.4 Å². The first kappa shape index (κ1) is 14.3.